The molecule has 0 unspecified atom stereocenters. The monoisotopic (exact) mass is 440 g/mol. The van der Waals surface area contributed by atoms with E-state index in [1.807, 2.05) is 0 Å². The van der Waals surface area contributed by atoms with E-state index in [2.05, 4.69) is 11.4 Å². The van der Waals surface area contributed by atoms with E-state index in [0.717, 1.165) is 19.3 Å². The molecule has 0 saturated heterocycles. The van der Waals surface area contributed by atoms with Gasteiger partial charge in [0.15, 0.2) is 6.29 Å². The number of rotatable bonds is 22. The molecule has 0 aromatic heterocycles. The molecular weight excluding hydrogens is 395 g/mol. The summed E-state index contributed by atoms with van der Waals surface area (Å²) in [4.78, 5) is 17.1. The van der Waals surface area contributed by atoms with Crippen LogP contribution >= 0.6 is 7.82 Å². The first-order valence-corrected chi connectivity index (χ1v) is 13.1. The molecular formula is C21H45O7P. The van der Waals surface area contributed by atoms with Crippen molar-refractivity contribution < 1.29 is 33.8 Å². The van der Waals surface area contributed by atoms with Crippen molar-refractivity contribution in [2.24, 2.45) is 0 Å². The van der Waals surface area contributed by atoms with E-state index in [9.17, 15) is 14.8 Å². The number of phosphoric acid groups is 1. The quantitative estimate of drug-likeness (QED) is 0.106. The lowest BCUT2D eigenvalue weighted by Crippen LogP contribution is -2.25. The Balaban J connectivity index is 3.28. The van der Waals surface area contributed by atoms with Crippen LogP contribution in [0.4, 0.5) is 0 Å². The second-order valence-electron chi connectivity index (χ2n) is 7.97. The van der Waals surface area contributed by atoms with Crippen molar-refractivity contribution in [1.82, 2.24) is 0 Å². The maximum absolute atomic E-state index is 10.5. The summed E-state index contributed by atoms with van der Waals surface area (Å²) < 4.78 is 19.7. The molecule has 4 N–H and O–H groups in total. The van der Waals surface area contributed by atoms with Gasteiger partial charge in [-0.15, -0.1) is 0 Å². The summed E-state index contributed by atoms with van der Waals surface area (Å²) in [5.41, 5.74) is 0. The van der Waals surface area contributed by atoms with Crippen LogP contribution in [0.1, 0.15) is 110 Å². The largest absolute Gasteiger partial charge is 0.469 e. The lowest BCUT2D eigenvalue weighted by Gasteiger charge is -2.15. The Kier molecular flexibility index (Phi) is 19.9. The van der Waals surface area contributed by atoms with Crippen LogP contribution < -0.4 is 0 Å². The topological polar surface area (TPSA) is 116 Å². The summed E-state index contributed by atoms with van der Waals surface area (Å²) in [5.74, 6) is 0. The molecule has 0 saturated carbocycles. The van der Waals surface area contributed by atoms with Gasteiger partial charge in [-0.1, -0.05) is 96.8 Å². The number of hydrogen-bond donors (Lipinski definition) is 4. The summed E-state index contributed by atoms with van der Waals surface area (Å²) in [5, 5.41) is 19.2. The van der Waals surface area contributed by atoms with Gasteiger partial charge in [0, 0.05) is 0 Å². The molecule has 0 amide bonds. The molecule has 176 valence electrons. The Morgan fingerprint density at radius 1 is 0.690 bits per heavy atom. The molecule has 0 aliphatic carbocycles. The van der Waals surface area contributed by atoms with Crippen molar-refractivity contribution in [2.45, 2.75) is 122 Å². The molecule has 0 aromatic rings. The highest BCUT2D eigenvalue weighted by atomic mass is 31.2. The lowest BCUT2D eigenvalue weighted by atomic mass is 10.0. The van der Waals surface area contributed by atoms with Crippen LogP contribution in [0.2, 0.25) is 0 Å². The van der Waals surface area contributed by atoms with Gasteiger partial charge in [0.05, 0.1) is 13.2 Å². The molecule has 7 nitrogen and oxygen atoms in total. The van der Waals surface area contributed by atoms with E-state index in [-0.39, 0.29) is 6.61 Å². The summed E-state index contributed by atoms with van der Waals surface area (Å²) in [6, 6.07) is 0. The smallest absolute Gasteiger partial charge is 0.388 e. The van der Waals surface area contributed by atoms with Crippen LogP contribution in [-0.4, -0.2) is 45.6 Å². The van der Waals surface area contributed by atoms with Gasteiger partial charge >= 0.3 is 7.82 Å². The maximum Gasteiger partial charge on any atom is 0.469 e. The van der Waals surface area contributed by atoms with E-state index in [1.165, 1.54) is 77.0 Å². The molecule has 0 aromatic carbocycles. The van der Waals surface area contributed by atoms with Crippen molar-refractivity contribution in [3.63, 3.8) is 0 Å². The second-order valence-corrected chi connectivity index (χ2v) is 9.21. The van der Waals surface area contributed by atoms with Crippen LogP contribution in [0.25, 0.3) is 0 Å². The average molecular weight is 441 g/mol. The molecule has 0 fully saturated rings. The summed E-state index contributed by atoms with van der Waals surface area (Å²) in [6.45, 7) is 1.50. The lowest BCUT2D eigenvalue weighted by molar-refractivity contribution is -0.129. The van der Waals surface area contributed by atoms with E-state index in [4.69, 9.17) is 14.5 Å². The first-order valence-electron chi connectivity index (χ1n) is 11.5. The van der Waals surface area contributed by atoms with Gasteiger partial charge < -0.3 is 24.7 Å². The van der Waals surface area contributed by atoms with E-state index in [0.29, 0.717) is 6.42 Å². The van der Waals surface area contributed by atoms with Crippen LogP contribution in [0, 0.1) is 0 Å². The van der Waals surface area contributed by atoms with Gasteiger partial charge in [0.2, 0.25) is 0 Å². The number of aliphatic hydroxyl groups excluding tert-OH is 2. The Bertz CT molecular complexity index is 389. The molecule has 2 atom stereocenters. The SMILES string of the molecule is CCCCCCCCCCCCCCCCC[C@@H](O)OC[C@@H](O)COP(=O)(O)O. The van der Waals surface area contributed by atoms with Gasteiger partial charge in [0.25, 0.3) is 0 Å². The van der Waals surface area contributed by atoms with Gasteiger partial charge in [-0.3, -0.25) is 4.52 Å². The van der Waals surface area contributed by atoms with Crippen LogP contribution in [-0.2, 0) is 13.8 Å². The molecule has 0 rings (SSSR count). The van der Waals surface area contributed by atoms with Crippen molar-refractivity contribution in [2.75, 3.05) is 13.2 Å². The predicted molar refractivity (Wildman–Crippen MR) is 116 cm³/mol. The molecule has 0 aliphatic heterocycles. The fraction of sp³-hybridized carbons (Fsp3) is 1.00. The highest BCUT2D eigenvalue weighted by Crippen LogP contribution is 2.35. The van der Waals surface area contributed by atoms with E-state index >= 15 is 0 Å². The zero-order chi connectivity index (χ0) is 21.8. The minimum absolute atomic E-state index is 0.222. The van der Waals surface area contributed by atoms with E-state index < -0.39 is 26.8 Å². The normalized spacial score (nSPS) is 14.2. The molecule has 0 heterocycles. The van der Waals surface area contributed by atoms with Gasteiger partial charge in [0.1, 0.15) is 6.10 Å². The van der Waals surface area contributed by atoms with Crippen molar-refractivity contribution in [3.8, 4) is 0 Å². The third-order valence-corrected chi connectivity index (χ3v) is 5.46. The van der Waals surface area contributed by atoms with Crippen LogP contribution in [0.5, 0.6) is 0 Å². The summed E-state index contributed by atoms with van der Waals surface area (Å²) in [6.07, 6.45) is 17.6. The average Bonchev–Trinajstić information content (AvgIpc) is 2.67. The number of hydrogen-bond acceptors (Lipinski definition) is 5. The fourth-order valence-electron chi connectivity index (χ4n) is 3.23. The molecule has 0 aliphatic rings. The number of unbranched alkanes of at least 4 members (excludes halogenated alkanes) is 14. The van der Waals surface area contributed by atoms with Gasteiger partial charge in [-0.2, -0.15) is 0 Å². The zero-order valence-corrected chi connectivity index (χ0v) is 19.2. The van der Waals surface area contributed by atoms with Gasteiger partial charge in [-0.25, -0.2) is 4.57 Å². The first-order chi connectivity index (χ1) is 13.8. The summed E-state index contributed by atoms with van der Waals surface area (Å²) in [7, 11) is -4.59. The van der Waals surface area contributed by atoms with Crippen molar-refractivity contribution in [3.05, 3.63) is 0 Å². The van der Waals surface area contributed by atoms with Crippen molar-refractivity contribution in [1.29, 1.82) is 0 Å². The third kappa shape index (κ3) is 24.1. The summed E-state index contributed by atoms with van der Waals surface area (Å²) >= 11 is 0. The molecule has 0 radical (unpaired) electrons. The highest BCUT2D eigenvalue weighted by molar-refractivity contribution is 7.46. The molecule has 29 heavy (non-hydrogen) atoms. The van der Waals surface area contributed by atoms with Gasteiger partial charge in [-0.05, 0) is 12.8 Å². The molecule has 0 spiro atoms. The van der Waals surface area contributed by atoms with Crippen LogP contribution in [0.15, 0.2) is 0 Å². The maximum atomic E-state index is 10.5. The Hall–Kier alpha value is -0.0100. The zero-order valence-electron chi connectivity index (χ0n) is 18.3. The Morgan fingerprint density at radius 2 is 1.10 bits per heavy atom. The number of aliphatic hydroxyl groups is 2. The molecule has 8 heteroatoms. The van der Waals surface area contributed by atoms with Crippen LogP contribution in [0.3, 0.4) is 0 Å². The minimum Gasteiger partial charge on any atom is -0.388 e. The number of ether oxygens (including phenoxy) is 1. The minimum atomic E-state index is -4.59. The first kappa shape index (κ1) is 29.0. The third-order valence-electron chi connectivity index (χ3n) is 4.97. The fourth-order valence-corrected chi connectivity index (χ4v) is 3.59. The number of phosphoric ester groups is 1. The van der Waals surface area contributed by atoms with E-state index in [1.54, 1.807) is 0 Å². The Labute approximate surface area is 177 Å². The standard InChI is InChI=1S/C21H45O7P/c1-2-3-4-5-6-7-8-9-10-11-12-13-14-15-16-17-21(23)27-18-20(22)19-28-29(24,25)26/h20-23H,2-19H2,1H3,(H2,24,25,26)/t20-,21+/m1/s1. The molecule has 0 bridgehead atoms. The second kappa shape index (κ2) is 19.9. The van der Waals surface area contributed by atoms with Crippen molar-refractivity contribution >= 4 is 7.82 Å². The highest BCUT2D eigenvalue weighted by Gasteiger charge is 2.17. The predicted octanol–water partition coefficient (Wildman–Crippen LogP) is 5.05. The Morgan fingerprint density at radius 3 is 1.52 bits per heavy atom.